The Morgan fingerprint density at radius 3 is 2.79 bits per heavy atom. The minimum absolute atomic E-state index is 0.609. The molecule has 1 aromatic carbocycles. The van der Waals surface area contributed by atoms with Crippen molar-refractivity contribution >= 4 is 27.6 Å². The highest BCUT2D eigenvalue weighted by molar-refractivity contribution is 6.15. The van der Waals surface area contributed by atoms with Crippen LogP contribution >= 0.6 is 0 Å². The molecule has 4 heterocycles. The summed E-state index contributed by atoms with van der Waals surface area (Å²) in [6.45, 7) is 4.07. The van der Waals surface area contributed by atoms with E-state index in [9.17, 15) is 0 Å². The molecule has 0 unspecified atom stereocenters. The Morgan fingerprint density at radius 2 is 2.00 bits per heavy atom. The highest BCUT2D eigenvalue weighted by Crippen LogP contribution is 2.37. The van der Waals surface area contributed by atoms with Crippen molar-refractivity contribution in [1.82, 2.24) is 23.9 Å². The molecule has 0 amide bonds. The number of rotatable bonds is 1. The standard InChI is InChI=1S/C18H15N5O/c1-10-4-5-12-14(13(10)17-19-6-7-24-17)15-18(22(3)9-20-15)23-8-11(2)21-16(12)23/h4-9H,1-3H3. The zero-order chi connectivity index (χ0) is 16.4. The maximum atomic E-state index is 5.61. The molecule has 0 radical (unpaired) electrons. The van der Waals surface area contributed by atoms with E-state index in [1.54, 1.807) is 12.5 Å². The Bertz CT molecular complexity index is 1230. The molecule has 0 bridgehead atoms. The van der Waals surface area contributed by atoms with Gasteiger partial charge in [-0.1, -0.05) is 12.1 Å². The molecule has 118 valence electrons. The van der Waals surface area contributed by atoms with Crippen LogP contribution in [-0.2, 0) is 7.05 Å². The number of hydrogen-bond acceptors (Lipinski definition) is 4. The summed E-state index contributed by atoms with van der Waals surface area (Å²) in [7, 11) is 2.00. The third-order valence-electron chi connectivity index (χ3n) is 4.50. The van der Waals surface area contributed by atoms with Gasteiger partial charge in [0.25, 0.3) is 0 Å². The van der Waals surface area contributed by atoms with Gasteiger partial charge < -0.3 is 8.98 Å². The molecule has 6 heteroatoms. The average molecular weight is 317 g/mol. The highest BCUT2D eigenvalue weighted by atomic mass is 16.3. The van der Waals surface area contributed by atoms with Crippen molar-refractivity contribution in [3.05, 3.63) is 48.4 Å². The van der Waals surface area contributed by atoms with Gasteiger partial charge in [0.15, 0.2) is 0 Å². The summed E-state index contributed by atoms with van der Waals surface area (Å²) in [6, 6.07) is 4.19. The molecular weight excluding hydrogens is 302 g/mol. The monoisotopic (exact) mass is 317 g/mol. The van der Waals surface area contributed by atoms with Crippen LogP contribution in [0, 0.1) is 13.8 Å². The molecule has 0 fully saturated rings. The fourth-order valence-electron chi connectivity index (χ4n) is 3.50. The van der Waals surface area contributed by atoms with E-state index in [0.29, 0.717) is 5.89 Å². The number of oxazole rings is 1. The number of aromatic nitrogens is 5. The minimum Gasteiger partial charge on any atom is -0.444 e. The topological polar surface area (TPSA) is 61.1 Å². The SMILES string of the molecule is Cc1cn2c(n1)c1ccc(C)c(-c3ncco3)c1c1ncn(C)c12. The van der Waals surface area contributed by atoms with Gasteiger partial charge in [0, 0.05) is 24.0 Å². The summed E-state index contributed by atoms with van der Waals surface area (Å²) < 4.78 is 9.73. The number of aryl methyl sites for hydroxylation is 3. The van der Waals surface area contributed by atoms with Gasteiger partial charge in [-0.15, -0.1) is 0 Å². The molecule has 6 nitrogen and oxygen atoms in total. The Labute approximate surface area is 137 Å². The number of pyridine rings is 1. The van der Waals surface area contributed by atoms with Crippen molar-refractivity contribution in [2.45, 2.75) is 13.8 Å². The first kappa shape index (κ1) is 13.3. The van der Waals surface area contributed by atoms with Crippen molar-refractivity contribution in [2.75, 3.05) is 0 Å². The molecule has 4 aromatic heterocycles. The summed E-state index contributed by atoms with van der Waals surface area (Å²) in [6.07, 6.45) is 7.15. The average Bonchev–Trinajstić information content (AvgIpc) is 3.26. The second-order valence-electron chi connectivity index (χ2n) is 6.12. The van der Waals surface area contributed by atoms with Crippen molar-refractivity contribution in [3.8, 4) is 11.5 Å². The molecule has 0 aliphatic rings. The van der Waals surface area contributed by atoms with E-state index in [1.807, 2.05) is 31.1 Å². The zero-order valence-electron chi connectivity index (χ0n) is 13.6. The van der Waals surface area contributed by atoms with Gasteiger partial charge >= 0.3 is 0 Å². The van der Waals surface area contributed by atoms with Gasteiger partial charge in [0.2, 0.25) is 5.89 Å². The van der Waals surface area contributed by atoms with Crippen LogP contribution < -0.4 is 0 Å². The molecule has 0 aliphatic carbocycles. The molecule has 0 aliphatic heterocycles. The second kappa shape index (κ2) is 4.44. The largest absolute Gasteiger partial charge is 0.444 e. The number of imidazole rings is 2. The van der Waals surface area contributed by atoms with E-state index in [2.05, 4.69) is 33.4 Å². The molecule has 0 saturated heterocycles. The first-order valence-electron chi connectivity index (χ1n) is 7.77. The van der Waals surface area contributed by atoms with Crippen LogP contribution in [0.1, 0.15) is 11.3 Å². The summed E-state index contributed by atoms with van der Waals surface area (Å²) >= 11 is 0. The lowest BCUT2D eigenvalue weighted by molar-refractivity contribution is 0.575. The fourth-order valence-corrected chi connectivity index (χ4v) is 3.50. The molecule has 0 N–H and O–H groups in total. The fraction of sp³-hybridized carbons (Fsp3) is 0.167. The minimum atomic E-state index is 0.609. The Kier molecular flexibility index (Phi) is 2.46. The highest BCUT2D eigenvalue weighted by Gasteiger charge is 2.20. The van der Waals surface area contributed by atoms with E-state index < -0.39 is 0 Å². The van der Waals surface area contributed by atoms with Crippen LogP contribution in [0.3, 0.4) is 0 Å². The third kappa shape index (κ3) is 1.57. The lowest BCUT2D eigenvalue weighted by Crippen LogP contribution is -1.97. The van der Waals surface area contributed by atoms with E-state index in [1.165, 1.54) is 0 Å². The Balaban J connectivity index is 2.14. The van der Waals surface area contributed by atoms with Crippen LogP contribution in [0.5, 0.6) is 0 Å². The van der Waals surface area contributed by atoms with Crippen LogP contribution in [0.15, 0.2) is 41.5 Å². The zero-order valence-corrected chi connectivity index (χ0v) is 13.6. The molecular formula is C18H15N5O. The van der Waals surface area contributed by atoms with E-state index in [4.69, 9.17) is 9.40 Å². The van der Waals surface area contributed by atoms with Crippen LogP contribution in [0.25, 0.3) is 39.0 Å². The summed E-state index contributed by atoms with van der Waals surface area (Å²) in [5.41, 5.74) is 5.91. The maximum absolute atomic E-state index is 5.61. The summed E-state index contributed by atoms with van der Waals surface area (Å²) in [4.78, 5) is 13.8. The molecule has 0 spiro atoms. The van der Waals surface area contributed by atoms with Gasteiger partial charge in [0.05, 0.1) is 23.8 Å². The van der Waals surface area contributed by atoms with Crippen molar-refractivity contribution < 1.29 is 4.42 Å². The quantitative estimate of drug-likeness (QED) is 0.473. The van der Waals surface area contributed by atoms with Crippen LogP contribution in [0.4, 0.5) is 0 Å². The molecule has 0 atom stereocenters. The van der Waals surface area contributed by atoms with E-state index >= 15 is 0 Å². The molecule has 5 rings (SSSR count). The maximum Gasteiger partial charge on any atom is 0.226 e. The second-order valence-corrected chi connectivity index (χ2v) is 6.12. The smallest absolute Gasteiger partial charge is 0.226 e. The first-order chi connectivity index (χ1) is 11.6. The predicted octanol–water partition coefficient (Wildman–Crippen LogP) is 3.65. The van der Waals surface area contributed by atoms with E-state index in [0.717, 1.165) is 44.4 Å². The molecule has 5 aromatic rings. The van der Waals surface area contributed by atoms with Crippen LogP contribution in [-0.4, -0.2) is 23.9 Å². The third-order valence-corrected chi connectivity index (χ3v) is 4.50. The van der Waals surface area contributed by atoms with Gasteiger partial charge in [-0.3, -0.25) is 4.40 Å². The van der Waals surface area contributed by atoms with Gasteiger partial charge in [-0.05, 0) is 19.4 Å². The van der Waals surface area contributed by atoms with Crippen LogP contribution in [0.2, 0.25) is 0 Å². The lowest BCUT2D eigenvalue weighted by Gasteiger charge is -2.10. The summed E-state index contributed by atoms with van der Waals surface area (Å²) in [5, 5.41) is 2.08. The van der Waals surface area contributed by atoms with Gasteiger partial charge in [-0.2, -0.15) is 0 Å². The van der Waals surface area contributed by atoms with Crippen molar-refractivity contribution in [3.63, 3.8) is 0 Å². The molecule has 24 heavy (non-hydrogen) atoms. The molecule has 0 saturated carbocycles. The predicted molar refractivity (Wildman–Crippen MR) is 91.9 cm³/mol. The summed E-state index contributed by atoms with van der Waals surface area (Å²) in [5.74, 6) is 0.609. The van der Waals surface area contributed by atoms with E-state index in [-0.39, 0.29) is 0 Å². The number of fused-ring (bicyclic) bond motifs is 6. The van der Waals surface area contributed by atoms with Crippen molar-refractivity contribution in [2.24, 2.45) is 7.05 Å². The first-order valence-corrected chi connectivity index (χ1v) is 7.77. The lowest BCUT2D eigenvalue weighted by atomic mass is 9.99. The number of nitrogens with zero attached hydrogens (tertiary/aromatic N) is 5. The van der Waals surface area contributed by atoms with Gasteiger partial charge in [-0.25, -0.2) is 15.0 Å². The Hall–Kier alpha value is -3.15. The van der Waals surface area contributed by atoms with Crippen molar-refractivity contribution in [1.29, 1.82) is 0 Å². The number of hydrogen-bond donors (Lipinski definition) is 0. The normalized spacial score (nSPS) is 12.0. The Morgan fingerprint density at radius 1 is 1.12 bits per heavy atom. The number of benzene rings is 1. The van der Waals surface area contributed by atoms with Gasteiger partial charge in [0.1, 0.15) is 23.1 Å².